The van der Waals surface area contributed by atoms with Gasteiger partial charge < -0.3 is 20.0 Å². The number of allylic oxidation sites excluding steroid dienone is 1. The van der Waals surface area contributed by atoms with Crippen molar-refractivity contribution in [1.29, 1.82) is 0 Å². The van der Waals surface area contributed by atoms with Gasteiger partial charge in [-0.15, -0.1) is 0 Å². The highest BCUT2D eigenvalue weighted by Gasteiger charge is 2.42. The van der Waals surface area contributed by atoms with Crippen LogP contribution in [0.15, 0.2) is 82.6 Å². The Kier molecular flexibility index (Phi) is 6.29. The number of nitro benzene ring substituents is 1. The number of fused-ring (bicyclic) bond motifs is 1. The Morgan fingerprint density at radius 2 is 1.89 bits per heavy atom. The molecule has 2 aliphatic rings. The number of benzene rings is 2. The summed E-state index contributed by atoms with van der Waals surface area (Å²) < 4.78 is 5.33. The fourth-order valence-electron chi connectivity index (χ4n) is 5.16. The van der Waals surface area contributed by atoms with Gasteiger partial charge >= 0.3 is 0 Å². The second-order valence-corrected chi connectivity index (χ2v) is 10.2. The standard InChI is InChI=1S/C28H28N4O5/c1-28(2)14-22-26(24(33)15-28)27(18-9-11-19(12-10-18)32(35)36)31(23-8-4-3-7-21(23)30-22)17-25(34)29-16-20-6-5-13-37-20/h3-13,27,30H,14-17H2,1-2H3,(H,29,34). The largest absolute Gasteiger partial charge is 0.467 e. The Hall–Kier alpha value is -4.40. The molecule has 1 aliphatic carbocycles. The molecule has 5 rings (SSSR count). The first-order chi connectivity index (χ1) is 17.7. The summed E-state index contributed by atoms with van der Waals surface area (Å²) in [6, 6.07) is 16.8. The van der Waals surface area contributed by atoms with Crippen LogP contribution in [0, 0.1) is 15.5 Å². The van der Waals surface area contributed by atoms with Gasteiger partial charge in [-0.25, -0.2) is 0 Å². The first-order valence-corrected chi connectivity index (χ1v) is 12.1. The lowest BCUT2D eigenvalue weighted by Crippen LogP contribution is -2.41. The summed E-state index contributed by atoms with van der Waals surface area (Å²) in [6.45, 7) is 4.33. The monoisotopic (exact) mass is 500 g/mol. The molecule has 1 aromatic heterocycles. The molecule has 37 heavy (non-hydrogen) atoms. The van der Waals surface area contributed by atoms with E-state index in [1.54, 1.807) is 30.5 Å². The topological polar surface area (TPSA) is 118 Å². The van der Waals surface area contributed by atoms with Crippen LogP contribution in [0.3, 0.4) is 0 Å². The zero-order chi connectivity index (χ0) is 26.2. The van der Waals surface area contributed by atoms with Gasteiger partial charge in [-0.3, -0.25) is 19.7 Å². The smallest absolute Gasteiger partial charge is 0.269 e. The number of furan rings is 1. The van der Waals surface area contributed by atoms with Gasteiger partial charge in [-0.1, -0.05) is 26.0 Å². The lowest BCUT2D eigenvalue weighted by atomic mass is 9.73. The molecule has 1 atom stereocenters. The van der Waals surface area contributed by atoms with Crippen LogP contribution in [-0.2, 0) is 16.1 Å². The van der Waals surface area contributed by atoms with Crippen molar-refractivity contribution in [3.63, 3.8) is 0 Å². The number of carbonyl (C=O) groups excluding carboxylic acids is 2. The maximum absolute atomic E-state index is 13.7. The molecule has 2 heterocycles. The number of non-ortho nitro benzene ring substituents is 1. The summed E-state index contributed by atoms with van der Waals surface area (Å²) in [7, 11) is 0. The third-order valence-electron chi connectivity index (χ3n) is 6.78. The third kappa shape index (κ3) is 4.97. The van der Waals surface area contributed by atoms with Crippen molar-refractivity contribution >= 4 is 28.8 Å². The van der Waals surface area contributed by atoms with E-state index in [-0.39, 0.29) is 35.9 Å². The van der Waals surface area contributed by atoms with E-state index in [0.717, 1.165) is 17.1 Å². The van der Waals surface area contributed by atoms with E-state index in [0.29, 0.717) is 29.7 Å². The fourth-order valence-corrected chi connectivity index (χ4v) is 5.16. The second kappa shape index (κ2) is 9.57. The second-order valence-electron chi connectivity index (χ2n) is 10.2. The number of hydrogen-bond acceptors (Lipinski definition) is 7. The minimum Gasteiger partial charge on any atom is -0.467 e. The van der Waals surface area contributed by atoms with E-state index < -0.39 is 11.0 Å². The van der Waals surface area contributed by atoms with E-state index in [9.17, 15) is 19.7 Å². The summed E-state index contributed by atoms with van der Waals surface area (Å²) in [5.41, 5.74) is 3.39. The SMILES string of the molecule is CC1(C)CC(=O)C2=C(C1)Nc1ccccc1N(CC(=O)NCc1ccco1)C2c1ccc([N+](=O)[O-])cc1. The normalized spacial score (nSPS) is 18.4. The maximum atomic E-state index is 13.7. The van der Waals surface area contributed by atoms with Crippen LogP contribution in [-0.4, -0.2) is 23.2 Å². The molecule has 9 nitrogen and oxygen atoms in total. The van der Waals surface area contributed by atoms with Crippen LogP contribution in [0.25, 0.3) is 0 Å². The number of nitrogens with zero attached hydrogens (tertiary/aromatic N) is 2. The van der Waals surface area contributed by atoms with Crippen molar-refractivity contribution in [3.05, 3.63) is 99.6 Å². The quantitative estimate of drug-likeness (QED) is 0.356. The van der Waals surface area contributed by atoms with Crippen LogP contribution in [0.2, 0.25) is 0 Å². The highest BCUT2D eigenvalue weighted by molar-refractivity contribution is 6.01. The Morgan fingerprint density at radius 3 is 2.59 bits per heavy atom. The third-order valence-corrected chi connectivity index (χ3v) is 6.78. The molecule has 190 valence electrons. The highest BCUT2D eigenvalue weighted by atomic mass is 16.6. The van der Waals surface area contributed by atoms with Gasteiger partial charge in [0.15, 0.2) is 5.78 Å². The zero-order valence-electron chi connectivity index (χ0n) is 20.7. The van der Waals surface area contributed by atoms with Crippen LogP contribution in [0.1, 0.15) is 44.1 Å². The molecule has 0 saturated carbocycles. The van der Waals surface area contributed by atoms with Gasteiger partial charge in [-0.05, 0) is 53.8 Å². The predicted molar refractivity (Wildman–Crippen MR) is 139 cm³/mol. The van der Waals surface area contributed by atoms with Gasteiger partial charge in [0.2, 0.25) is 5.91 Å². The van der Waals surface area contributed by atoms with Crippen LogP contribution < -0.4 is 15.5 Å². The summed E-state index contributed by atoms with van der Waals surface area (Å²) in [4.78, 5) is 39.6. The number of anilines is 2. The fraction of sp³-hybridized carbons (Fsp3) is 0.286. The molecular weight excluding hydrogens is 472 g/mol. The number of rotatable bonds is 6. The molecule has 0 spiro atoms. The van der Waals surface area contributed by atoms with Gasteiger partial charge in [0.1, 0.15) is 5.76 Å². The molecule has 0 radical (unpaired) electrons. The van der Waals surface area contributed by atoms with Gasteiger partial charge in [0.25, 0.3) is 5.69 Å². The Labute approximate surface area is 214 Å². The first kappa shape index (κ1) is 24.3. The Morgan fingerprint density at radius 1 is 1.14 bits per heavy atom. The summed E-state index contributed by atoms with van der Waals surface area (Å²) in [6.07, 6.45) is 2.57. The summed E-state index contributed by atoms with van der Waals surface area (Å²) >= 11 is 0. The van der Waals surface area contributed by atoms with E-state index in [4.69, 9.17) is 4.42 Å². The molecule has 0 bridgehead atoms. The van der Waals surface area contributed by atoms with E-state index in [2.05, 4.69) is 24.5 Å². The average molecular weight is 501 g/mol. The molecule has 3 aromatic rings. The van der Waals surface area contributed by atoms with Crippen LogP contribution in [0.4, 0.5) is 17.1 Å². The number of carbonyl (C=O) groups is 2. The molecule has 1 unspecified atom stereocenters. The molecule has 0 saturated heterocycles. The van der Waals surface area contributed by atoms with Crippen molar-refractivity contribution in [2.45, 2.75) is 39.3 Å². The van der Waals surface area contributed by atoms with Crippen LogP contribution >= 0.6 is 0 Å². The average Bonchev–Trinajstić information content (AvgIpc) is 3.33. The van der Waals surface area contributed by atoms with Crippen molar-refractivity contribution in [2.75, 3.05) is 16.8 Å². The number of nitro groups is 1. The molecule has 9 heteroatoms. The summed E-state index contributed by atoms with van der Waals surface area (Å²) in [5.74, 6) is 0.384. The van der Waals surface area contributed by atoms with Crippen LogP contribution in [0.5, 0.6) is 0 Å². The number of ketones is 1. The zero-order valence-corrected chi connectivity index (χ0v) is 20.7. The van der Waals surface area contributed by atoms with Gasteiger partial charge in [-0.2, -0.15) is 0 Å². The molecule has 1 aliphatic heterocycles. The number of hydrogen-bond donors (Lipinski definition) is 2. The first-order valence-electron chi connectivity index (χ1n) is 12.1. The summed E-state index contributed by atoms with van der Waals surface area (Å²) in [5, 5.41) is 17.7. The highest BCUT2D eigenvalue weighted by Crippen LogP contribution is 2.48. The Bertz CT molecular complexity index is 1380. The van der Waals surface area contributed by atoms with Crippen molar-refractivity contribution in [2.24, 2.45) is 5.41 Å². The number of Topliss-reactive ketones (excluding diaryl/α,β-unsaturated/α-hetero) is 1. The van der Waals surface area contributed by atoms with Crippen molar-refractivity contribution < 1.29 is 18.9 Å². The Balaban J connectivity index is 1.61. The van der Waals surface area contributed by atoms with E-state index in [1.165, 1.54) is 12.1 Å². The number of nitrogens with one attached hydrogen (secondary N) is 2. The van der Waals surface area contributed by atoms with E-state index in [1.807, 2.05) is 29.2 Å². The molecule has 1 amide bonds. The van der Waals surface area contributed by atoms with E-state index >= 15 is 0 Å². The minimum atomic E-state index is -0.607. The lowest BCUT2D eigenvalue weighted by molar-refractivity contribution is -0.384. The van der Waals surface area contributed by atoms with Crippen molar-refractivity contribution in [3.8, 4) is 0 Å². The maximum Gasteiger partial charge on any atom is 0.269 e. The van der Waals surface area contributed by atoms with Crippen molar-refractivity contribution in [1.82, 2.24) is 5.32 Å². The molecule has 2 aromatic carbocycles. The molecule has 0 fully saturated rings. The number of para-hydroxylation sites is 2. The van der Waals surface area contributed by atoms with Gasteiger partial charge in [0, 0.05) is 29.8 Å². The van der Waals surface area contributed by atoms with Gasteiger partial charge in [0.05, 0.1) is 41.7 Å². The number of amides is 1. The lowest BCUT2D eigenvalue weighted by Gasteiger charge is -2.37. The molecular formula is C28H28N4O5. The molecule has 2 N–H and O–H groups in total. The predicted octanol–water partition coefficient (Wildman–Crippen LogP) is 5.12. The minimum absolute atomic E-state index is 0.00379.